The number of benzene rings is 1. The minimum absolute atomic E-state index is 0.174. The van der Waals surface area contributed by atoms with Gasteiger partial charge < -0.3 is 10.5 Å². The number of halogens is 2. The van der Waals surface area contributed by atoms with Gasteiger partial charge in [0, 0.05) is 17.8 Å². The van der Waals surface area contributed by atoms with Crippen LogP contribution in [0, 0.1) is 0 Å². The quantitative estimate of drug-likeness (QED) is 0.918. The molecule has 1 aromatic heterocycles. The zero-order valence-electron chi connectivity index (χ0n) is 9.73. The number of hydrogen-bond donors (Lipinski definition) is 1. The van der Waals surface area contributed by atoms with Gasteiger partial charge in [-0.3, -0.25) is 0 Å². The zero-order valence-corrected chi connectivity index (χ0v) is 11.2. The molecule has 2 aromatic rings. The molecule has 0 amide bonds. The fraction of sp³-hybridized carbons (Fsp3) is 0.154. The SMILES string of the molecule is C[C@H](N)c1cccnc1Oc1cccc(Cl)c1Cl. The maximum absolute atomic E-state index is 6.06. The molecule has 18 heavy (non-hydrogen) atoms. The summed E-state index contributed by atoms with van der Waals surface area (Å²) in [4.78, 5) is 4.16. The van der Waals surface area contributed by atoms with Crippen molar-refractivity contribution in [3.8, 4) is 11.6 Å². The molecule has 94 valence electrons. The fourth-order valence-corrected chi connectivity index (χ4v) is 1.83. The second-order valence-electron chi connectivity index (χ2n) is 3.84. The number of nitrogens with two attached hydrogens (primary N) is 1. The van der Waals surface area contributed by atoms with E-state index >= 15 is 0 Å². The predicted octanol–water partition coefficient (Wildman–Crippen LogP) is 4.20. The van der Waals surface area contributed by atoms with Crippen LogP contribution in [0.2, 0.25) is 10.0 Å². The van der Waals surface area contributed by atoms with Crippen molar-refractivity contribution in [3.05, 3.63) is 52.1 Å². The summed E-state index contributed by atoms with van der Waals surface area (Å²) < 4.78 is 5.67. The minimum Gasteiger partial charge on any atom is -0.437 e. The van der Waals surface area contributed by atoms with E-state index in [1.807, 2.05) is 19.1 Å². The molecule has 1 heterocycles. The lowest BCUT2D eigenvalue weighted by Gasteiger charge is -2.13. The van der Waals surface area contributed by atoms with Gasteiger partial charge in [-0.15, -0.1) is 0 Å². The number of aromatic nitrogens is 1. The van der Waals surface area contributed by atoms with Crippen molar-refractivity contribution in [2.75, 3.05) is 0 Å². The second-order valence-corrected chi connectivity index (χ2v) is 4.63. The number of rotatable bonds is 3. The van der Waals surface area contributed by atoms with Gasteiger partial charge >= 0.3 is 0 Å². The van der Waals surface area contributed by atoms with E-state index in [9.17, 15) is 0 Å². The largest absolute Gasteiger partial charge is 0.437 e. The van der Waals surface area contributed by atoms with Crippen molar-refractivity contribution in [1.29, 1.82) is 0 Å². The number of ether oxygens (including phenoxy) is 1. The second kappa shape index (κ2) is 5.57. The molecule has 0 saturated carbocycles. The van der Waals surface area contributed by atoms with Gasteiger partial charge in [-0.1, -0.05) is 35.3 Å². The smallest absolute Gasteiger partial charge is 0.224 e. The van der Waals surface area contributed by atoms with Gasteiger partial charge in [-0.25, -0.2) is 4.98 Å². The summed E-state index contributed by atoms with van der Waals surface area (Å²) in [6, 6.07) is 8.69. The summed E-state index contributed by atoms with van der Waals surface area (Å²) >= 11 is 12.0. The first kappa shape index (κ1) is 13.1. The molecule has 5 heteroatoms. The highest BCUT2D eigenvalue weighted by molar-refractivity contribution is 6.42. The monoisotopic (exact) mass is 282 g/mol. The molecule has 0 aliphatic heterocycles. The molecule has 1 atom stereocenters. The Morgan fingerprint density at radius 1 is 1.22 bits per heavy atom. The third kappa shape index (κ3) is 2.75. The highest BCUT2D eigenvalue weighted by Gasteiger charge is 2.12. The molecule has 3 nitrogen and oxygen atoms in total. The highest BCUT2D eigenvalue weighted by Crippen LogP contribution is 2.35. The van der Waals surface area contributed by atoms with Gasteiger partial charge in [0.1, 0.15) is 10.8 Å². The molecule has 0 radical (unpaired) electrons. The van der Waals surface area contributed by atoms with Crippen LogP contribution in [-0.4, -0.2) is 4.98 Å². The summed E-state index contributed by atoms with van der Waals surface area (Å²) in [7, 11) is 0. The first-order valence-corrected chi connectivity index (χ1v) is 6.17. The summed E-state index contributed by atoms with van der Waals surface area (Å²) in [6.07, 6.45) is 1.64. The normalized spacial score (nSPS) is 12.2. The van der Waals surface area contributed by atoms with E-state index in [2.05, 4.69) is 4.98 Å². The standard InChI is InChI=1S/C13H12Cl2N2O/c1-8(16)9-4-3-7-17-13(9)18-11-6-2-5-10(14)12(11)15/h2-8H,16H2,1H3/t8-/m0/s1. The van der Waals surface area contributed by atoms with Crippen LogP contribution in [0.4, 0.5) is 0 Å². The average Bonchev–Trinajstić information content (AvgIpc) is 2.35. The zero-order chi connectivity index (χ0) is 13.1. The van der Waals surface area contributed by atoms with Crippen LogP contribution in [0.15, 0.2) is 36.5 Å². The van der Waals surface area contributed by atoms with Crippen molar-refractivity contribution in [2.24, 2.45) is 5.73 Å². The van der Waals surface area contributed by atoms with Crippen LogP contribution < -0.4 is 10.5 Å². The number of hydrogen-bond acceptors (Lipinski definition) is 3. The van der Waals surface area contributed by atoms with Crippen molar-refractivity contribution in [1.82, 2.24) is 4.98 Å². The van der Waals surface area contributed by atoms with Gasteiger partial charge in [0.05, 0.1) is 5.02 Å². The Morgan fingerprint density at radius 3 is 2.72 bits per heavy atom. The summed E-state index contributed by atoms with van der Waals surface area (Å²) in [6.45, 7) is 1.86. The highest BCUT2D eigenvalue weighted by atomic mass is 35.5. The Kier molecular flexibility index (Phi) is 4.07. The van der Waals surface area contributed by atoms with Gasteiger partial charge in [0.15, 0.2) is 0 Å². The maximum Gasteiger partial charge on any atom is 0.224 e. The number of nitrogens with zero attached hydrogens (tertiary/aromatic N) is 1. The van der Waals surface area contributed by atoms with Gasteiger partial charge in [0.25, 0.3) is 0 Å². The molecule has 0 fully saturated rings. The molecule has 0 spiro atoms. The Hall–Kier alpha value is -1.29. The van der Waals surface area contributed by atoms with Crippen molar-refractivity contribution < 1.29 is 4.74 Å². The first-order valence-electron chi connectivity index (χ1n) is 5.42. The Bertz CT molecular complexity index is 558. The van der Waals surface area contributed by atoms with Crippen LogP contribution in [0.25, 0.3) is 0 Å². The van der Waals surface area contributed by atoms with E-state index < -0.39 is 0 Å². The molecular weight excluding hydrogens is 271 g/mol. The lowest BCUT2D eigenvalue weighted by atomic mass is 10.1. The molecule has 0 unspecified atom stereocenters. The third-order valence-electron chi connectivity index (χ3n) is 2.41. The molecule has 0 aliphatic carbocycles. The maximum atomic E-state index is 6.06. The van der Waals surface area contributed by atoms with Crippen molar-refractivity contribution in [2.45, 2.75) is 13.0 Å². The average molecular weight is 283 g/mol. The van der Waals surface area contributed by atoms with Crippen LogP contribution in [0.5, 0.6) is 11.6 Å². The summed E-state index contributed by atoms with van der Waals surface area (Å²) in [5.41, 5.74) is 6.67. The molecule has 2 N–H and O–H groups in total. The molecule has 2 rings (SSSR count). The minimum atomic E-state index is -0.174. The lowest BCUT2D eigenvalue weighted by Crippen LogP contribution is -2.07. The summed E-state index contributed by atoms with van der Waals surface area (Å²) in [5.74, 6) is 0.904. The molecule has 0 aliphatic rings. The van der Waals surface area contributed by atoms with E-state index in [1.165, 1.54) is 0 Å². The molecular formula is C13H12Cl2N2O. The summed E-state index contributed by atoms with van der Waals surface area (Å²) in [5, 5.41) is 0.799. The van der Waals surface area contributed by atoms with Gasteiger partial charge in [-0.2, -0.15) is 0 Å². The van der Waals surface area contributed by atoms with Crippen LogP contribution >= 0.6 is 23.2 Å². The molecule has 0 saturated heterocycles. The Morgan fingerprint density at radius 2 is 2.00 bits per heavy atom. The van der Waals surface area contributed by atoms with E-state index in [0.29, 0.717) is 21.7 Å². The fourth-order valence-electron chi connectivity index (χ4n) is 1.50. The van der Waals surface area contributed by atoms with E-state index in [0.717, 1.165) is 5.56 Å². The van der Waals surface area contributed by atoms with Crippen molar-refractivity contribution >= 4 is 23.2 Å². The van der Waals surface area contributed by atoms with Gasteiger partial charge in [0.2, 0.25) is 5.88 Å². The van der Waals surface area contributed by atoms with E-state index in [4.69, 9.17) is 33.7 Å². The van der Waals surface area contributed by atoms with Gasteiger partial charge in [-0.05, 0) is 25.1 Å². The van der Waals surface area contributed by atoms with Crippen LogP contribution in [0.3, 0.4) is 0 Å². The Balaban J connectivity index is 2.37. The van der Waals surface area contributed by atoms with E-state index in [-0.39, 0.29) is 6.04 Å². The first-order chi connectivity index (χ1) is 8.59. The molecule has 0 bridgehead atoms. The molecule has 1 aromatic carbocycles. The van der Waals surface area contributed by atoms with E-state index in [1.54, 1.807) is 24.4 Å². The van der Waals surface area contributed by atoms with Crippen LogP contribution in [-0.2, 0) is 0 Å². The number of pyridine rings is 1. The van der Waals surface area contributed by atoms with Crippen LogP contribution in [0.1, 0.15) is 18.5 Å². The lowest BCUT2D eigenvalue weighted by molar-refractivity contribution is 0.452. The predicted molar refractivity (Wildman–Crippen MR) is 73.4 cm³/mol. The Labute approximate surface area is 115 Å². The third-order valence-corrected chi connectivity index (χ3v) is 3.22. The van der Waals surface area contributed by atoms with Crippen molar-refractivity contribution in [3.63, 3.8) is 0 Å². The topological polar surface area (TPSA) is 48.1 Å².